The van der Waals surface area contributed by atoms with E-state index in [1.54, 1.807) is 6.08 Å². The molecule has 0 saturated carbocycles. The van der Waals surface area contributed by atoms with Gasteiger partial charge in [0.15, 0.2) is 0 Å². The lowest BCUT2D eigenvalue weighted by Gasteiger charge is -2.18. The van der Waals surface area contributed by atoms with E-state index in [9.17, 15) is 13.6 Å². The number of hydrogen-bond donors (Lipinski definition) is 1. The van der Waals surface area contributed by atoms with Crippen LogP contribution in [0.4, 0.5) is 8.78 Å². The quantitative estimate of drug-likeness (QED) is 0.566. The summed E-state index contributed by atoms with van der Waals surface area (Å²) in [6, 6.07) is 11.0. The maximum absolute atomic E-state index is 14.2. The summed E-state index contributed by atoms with van der Waals surface area (Å²) in [5, 5.41) is 8.55. The Morgan fingerprint density at radius 1 is 1.08 bits per heavy atom. The molecule has 2 aromatic rings. The van der Waals surface area contributed by atoms with Crippen molar-refractivity contribution in [2.45, 2.75) is 6.11 Å². The Hall–Kier alpha value is -3.15. The van der Waals surface area contributed by atoms with E-state index in [-0.39, 0.29) is 17.9 Å². The Morgan fingerprint density at radius 2 is 1.68 bits per heavy atom. The Morgan fingerprint density at radius 3 is 2.24 bits per heavy atom. The molecule has 130 valence electrons. The summed E-state index contributed by atoms with van der Waals surface area (Å²) in [6.07, 6.45) is 0.350. The van der Waals surface area contributed by atoms with Gasteiger partial charge in [-0.2, -0.15) is 8.78 Å². The fraction of sp³-hybridized carbons (Fsp3) is 0.105. The average Bonchev–Trinajstić information content (AvgIpc) is 2.59. The highest BCUT2D eigenvalue weighted by Gasteiger charge is 2.34. The minimum atomic E-state index is -3.52. The van der Waals surface area contributed by atoms with Gasteiger partial charge in [-0.1, -0.05) is 24.8 Å². The molecule has 25 heavy (non-hydrogen) atoms. The van der Waals surface area contributed by atoms with Gasteiger partial charge in [-0.15, -0.1) is 0 Å². The van der Waals surface area contributed by atoms with Crippen LogP contribution in [0.1, 0.15) is 11.1 Å². The van der Waals surface area contributed by atoms with E-state index in [4.69, 9.17) is 14.6 Å². The molecule has 0 saturated heterocycles. The fourth-order valence-corrected chi connectivity index (χ4v) is 1.92. The van der Waals surface area contributed by atoms with E-state index >= 15 is 0 Å². The minimum absolute atomic E-state index is 0.0375. The first-order valence-electron chi connectivity index (χ1n) is 7.33. The normalized spacial score (nSPS) is 11.3. The Balaban J connectivity index is 2.07. The summed E-state index contributed by atoms with van der Waals surface area (Å²) in [5.41, 5.74) is 0.245. The lowest BCUT2D eigenvalue weighted by Crippen LogP contribution is -2.21. The Kier molecular flexibility index (Phi) is 5.89. The van der Waals surface area contributed by atoms with Crippen LogP contribution in [-0.2, 0) is 10.9 Å². The van der Waals surface area contributed by atoms with Crippen LogP contribution >= 0.6 is 0 Å². The van der Waals surface area contributed by atoms with Gasteiger partial charge in [-0.25, -0.2) is 4.79 Å². The fourth-order valence-electron chi connectivity index (χ4n) is 1.92. The van der Waals surface area contributed by atoms with Crippen LogP contribution in [0.25, 0.3) is 6.08 Å². The molecule has 2 rings (SSSR count). The van der Waals surface area contributed by atoms with Gasteiger partial charge in [0.05, 0.1) is 5.56 Å². The van der Waals surface area contributed by atoms with Crippen LogP contribution < -0.4 is 9.47 Å². The standard InChI is InChI=1S/C19H16F2O4/c1-2-13-24-16-10-6-15(7-11-16)19(20,21)25-17-8-3-14(4-9-17)5-12-18(22)23/h2-12H,1,13H2,(H,22,23). The number of carboxylic acid groups (broad SMARTS) is 1. The molecule has 0 unspecified atom stereocenters. The number of alkyl halides is 2. The molecule has 0 atom stereocenters. The van der Waals surface area contributed by atoms with Crippen LogP contribution in [0.5, 0.6) is 11.5 Å². The number of rotatable bonds is 8. The topological polar surface area (TPSA) is 55.8 Å². The van der Waals surface area contributed by atoms with Crippen LogP contribution in [0, 0.1) is 0 Å². The van der Waals surface area contributed by atoms with Gasteiger partial charge in [0.25, 0.3) is 0 Å². The van der Waals surface area contributed by atoms with Crippen molar-refractivity contribution in [3.63, 3.8) is 0 Å². The molecular formula is C19H16F2O4. The van der Waals surface area contributed by atoms with Crippen LogP contribution in [0.2, 0.25) is 0 Å². The maximum Gasteiger partial charge on any atom is 0.426 e. The predicted octanol–water partition coefficient (Wildman–Crippen LogP) is 4.48. The summed E-state index contributed by atoms with van der Waals surface area (Å²) in [7, 11) is 0. The first-order valence-corrected chi connectivity index (χ1v) is 7.33. The lowest BCUT2D eigenvalue weighted by atomic mass is 10.2. The van der Waals surface area contributed by atoms with Crippen LogP contribution in [0.3, 0.4) is 0 Å². The van der Waals surface area contributed by atoms with Gasteiger partial charge in [-0.05, 0) is 48.0 Å². The van der Waals surface area contributed by atoms with Crippen LogP contribution in [0.15, 0.2) is 67.3 Å². The molecule has 0 aromatic heterocycles. The molecule has 0 amide bonds. The molecule has 2 aromatic carbocycles. The number of hydrogen-bond acceptors (Lipinski definition) is 3. The number of aliphatic carboxylic acids is 1. The molecule has 0 bridgehead atoms. The highest BCUT2D eigenvalue weighted by molar-refractivity contribution is 5.85. The molecule has 0 aliphatic heterocycles. The Labute approximate surface area is 143 Å². The third kappa shape index (κ3) is 5.46. The second-order valence-corrected chi connectivity index (χ2v) is 4.98. The van der Waals surface area contributed by atoms with E-state index in [0.29, 0.717) is 11.3 Å². The summed E-state index contributed by atoms with van der Waals surface area (Å²) >= 11 is 0. The van der Waals surface area contributed by atoms with Gasteiger partial charge in [0, 0.05) is 6.08 Å². The third-order valence-corrected chi connectivity index (χ3v) is 3.10. The number of carbonyl (C=O) groups is 1. The van der Waals surface area contributed by atoms with Crippen molar-refractivity contribution in [3.8, 4) is 11.5 Å². The van der Waals surface area contributed by atoms with Gasteiger partial charge in [0.1, 0.15) is 18.1 Å². The van der Waals surface area contributed by atoms with Crippen molar-refractivity contribution in [2.75, 3.05) is 6.61 Å². The molecule has 1 N–H and O–H groups in total. The van der Waals surface area contributed by atoms with Crippen molar-refractivity contribution in [1.29, 1.82) is 0 Å². The first kappa shape index (κ1) is 18.2. The number of carboxylic acids is 1. The molecule has 0 radical (unpaired) electrons. The zero-order valence-electron chi connectivity index (χ0n) is 13.2. The molecule has 4 nitrogen and oxygen atoms in total. The first-order chi connectivity index (χ1) is 11.9. The summed E-state index contributed by atoms with van der Waals surface area (Å²) in [4.78, 5) is 10.4. The second-order valence-electron chi connectivity index (χ2n) is 4.98. The molecule has 0 spiro atoms. The number of ether oxygens (including phenoxy) is 2. The molecule has 0 aliphatic carbocycles. The number of halogens is 2. The molecule has 0 heterocycles. The third-order valence-electron chi connectivity index (χ3n) is 3.10. The van der Waals surface area contributed by atoms with Gasteiger partial charge in [-0.3, -0.25) is 0 Å². The van der Waals surface area contributed by atoms with E-state index in [2.05, 4.69) is 6.58 Å². The number of benzene rings is 2. The SMILES string of the molecule is C=CCOc1ccc(C(F)(F)Oc2ccc(C=CC(=O)O)cc2)cc1. The highest BCUT2D eigenvalue weighted by atomic mass is 19.3. The van der Waals surface area contributed by atoms with Crippen molar-refractivity contribution < 1.29 is 28.2 Å². The summed E-state index contributed by atoms with van der Waals surface area (Å²) in [6.45, 7) is 3.79. The monoisotopic (exact) mass is 346 g/mol. The largest absolute Gasteiger partial charge is 0.490 e. The van der Waals surface area contributed by atoms with Crippen LogP contribution in [-0.4, -0.2) is 17.7 Å². The van der Waals surface area contributed by atoms with Gasteiger partial charge < -0.3 is 14.6 Å². The average molecular weight is 346 g/mol. The minimum Gasteiger partial charge on any atom is -0.490 e. The van der Waals surface area contributed by atoms with Gasteiger partial charge >= 0.3 is 12.1 Å². The summed E-state index contributed by atoms with van der Waals surface area (Å²) < 4.78 is 38.4. The zero-order valence-corrected chi connectivity index (χ0v) is 13.2. The summed E-state index contributed by atoms with van der Waals surface area (Å²) in [5.74, 6) is -0.675. The highest BCUT2D eigenvalue weighted by Crippen LogP contribution is 2.32. The van der Waals surface area contributed by atoms with Crippen molar-refractivity contribution >= 4 is 12.0 Å². The molecule has 6 heteroatoms. The molecule has 0 fully saturated rings. The molecule has 0 aliphatic rings. The smallest absolute Gasteiger partial charge is 0.426 e. The second kappa shape index (κ2) is 8.10. The zero-order chi connectivity index (χ0) is 18.3. The van der Waals surface area contributed by atoms with E-state index in [1.165, 1.54) is 54.6 Å². The predicted molar refractivity (Wildman–Crippen MR) is 89.8 cm³/mol. The maximum atomic E-state index is 14.2. The van der Waals surface area contributed by atoms with Crippen molar-refractivity contribution in [2.24, 2.45) is 0 Å². The molecular weight excluding hydrogens is 330 g/mol. The van der Waals surface area contributed by atoms with Gasteiger partial charge in [0.2, 0.25) is 0 Å². The van der Waals surface area contributed by atoms with E-state index in [1.807, 2.05) is 0 Å². The lowest BCUT2D eigenvalue weighted by molar-refractivity contribution is -0.185. The van der Waals surface area contributed by atoms with E-state index < -0.39 is 12.1 Å². The van der Waals surface area contributed by atoms with E-state index in [0.717, 1.165) is 6.08 Å². The van der Waals surface area contributed by atoms with Crippen molar-refractivity contribution in [3.05, 3.63) is 78.4 Å². The van der Waals surface area contributed by atoms with Crippen molar-refractivity contribution in [1.82, 2.24) is 0 Å². The Bertz CT molecular complexity index is 750.